The van der Waals surface area contributed by atoms with Gasteiger partial charge < -0.3 is 9.64 Å². The van der Waals surface area contributed by atoms with Crippen molar-refractivity contribution in [2.75, 3.05) is 18.1 Å². The Morgan fingerprint density at radius 2 is 2.00 bits per heavy atom. The fourth-order valence-corrected chi connectivity index (χ4v) is 2.98. The van der Waals surface area contributed by atoms with Crippen molar-refractivity contribution in [3.05, 3.63) is 41.2 Å². The van der Waals surface area contributed by atoms with Gasteiger partial charge in [-0.3, -0.25) is 9.48 Å². The Morgan fingerprint density at radius 3 is 2.65 bits per heavy atom. The molecule has 0 saturated heterocycles. The van der Waals surface area contributed by atoms with Crippen molar-refractivity contribution >= 4 is 11.6 Å². The summed E-state index contributed by atoms with van der Waals surface area (Å²) in [5.74, 6) is 0.747. The maximum absolute atomic E-state index is 13.0. The molecule has 3 rings (SSSR count). The molecule has 23 heavy (non-hydrogen) atoms. The Labute approximate surface area is 136 Å². The predicted molar refractivity (Wildman–Crippen MR) is 90.3 cm³/mol. The number of amides is 1. The number of ether oxygens (including phenoxy) is 1. The van der Waals surface area contributed by atoms with Crippen LogP contribution in [0.15, 0.2) is 24.4 Å². The molecule has 122 valence electrons. The maximum Gasteiger partial charge on any atom is 0.261 e. The summed E-state index contributed by atoms with van der Waals surface area (Å²) in [6.07, 6.45) is 1.67. The van der Waals surface area contributed by atoms with Crippen LogP contribution in [0.25, 0.3) is 0 Å². The first-order valence-corrected chi connectivity index (χ1v) is 7.89. The topological polar surface area (TPSA) is 47.4 Å². The second-order valence-corrected chi connectivity index (χ2v) is 7.00. The van der Waals surface area contributed by atoms with Gasteiger partial charge in [0.25, 0.3) is 5.91 Å². The highest BCUT2D eigenvalue weighted by atomic mass is 16.5. The van der Waals surface area contributed by atoms with E-state index in [1.54, 1.807) is 11.1 Å². The molecule has 1 aliphatic rings. The Hall–Kier alpha value is -2.30. The van der Waals surface area contributed by atoms with E-state index in [1.807, 2.05) is 36.7 Å². The molecule has 0 N–H and O–H groups in total. The minimum Gasteiger partial charge on any atom is -0.490 e. The molecule has 0 unspecified atom stereocenters. The Balaban J connectivity index is 1.99. The van der Waals surface area contributed by atoms with Crippen LogP contribution in [-0.4, -0.2) is 28.8 Å². The number of aryl methyl sites for hydroxylation is 1. The zero-order chi connectivity index (χ0) is 16.8. The number of carbonyl (C=O) groups is 1. The lowest BCUT2D eigenvalue weighted by atomic mass is 10.1. The summed E-state index contributed by atoms with van der Waals surface area (Å²) in [7, 11) is 0. The van der Waals surface area contributed by atoms with E-state index in [2.05, 4.69) is 25.9 Å². The lowest BCUT2D eigenvalue weighted by molar-refractivity contribution is 0.0975. The number of aromatic nitrogens is 2. The normalized spacial score (nSPS) is 14.4. The van der Waals surface area contributed by atoms with Crippen molar-refractivity contribution < 1.29 is 9.53 Å². The molecule has 1 aromatic carbocycles. The minimum atomic E-state index is -0.150. The first-order chi connectivity index (χ1) is 10.8. The molecule has 5 heteroatoms. The van der Waals surface area contributed by atoms with Crippen molar-refractivity contribution in [3.8, 4) is 5.75 Å². The number of fused-ring (bicyclic) bond motifs is 1. The van der Waals surface area contributed by atoms with E-state index in [0.29, 0.717) is 18.7 Å². The molecule has 0 saturated carbocycles. The molecule has 0 bridgehead atoms. The van der Waals surface area contributed by atoms with Gasteiger partial charge in [0.05, 0.1) is 29.5 Å². The maximum atomic E-state index is 13.0. The highest BCUT2D eigenvalue weighted by molar-refractivity contribution is 6.07. The van der Waals surface area contributed by atoms with Crippen LogP contribution >= 0.6 is 0 Å². The van der Waals surface area contributed by atoms with Crippen LogP contribution < -0.4 is 9.64 Å². The monoisotopic (exact) mass is 313 g/mol. The van der Waals surface area contributed by atoms with Crippen molar-refractivity contribution in [1.82, 2.24) is 9.78 Å². The summed E-state index contributed by atoms with van der Waals surface area (Å²) in [6.45, 7) is 11.3. The molecule has 1 amide bonds. The number of carbonyl (C=O) groups excluding carboxylic acids is 1. The number of hydrogen-bond donors (Lipinski definition) is 0. The first kappa shape index (κ1) is 15.6. The predicted octanol–water partition coefficient (Wildman–Crippen LogP) is 3.29. The van der Waals surface area contributed by atoms with Gasteiger partial charge in [0.1, 0.15) is 12.4 Å². The standard InChI is InChI=1S/C18H23N3O2/c1-12-6-7-15-16(10-12)23-9-8-20(15)17(22)14-11-19-21(13(14)2)18(3,4)5/h6-7,10-11H,8-9H2,1-5H3. The SMILES string of the molecule is Cc1ccc2c(c1)OCCN2C(=O)c1cnn(C(C)(C)C)c1C. The molecule has 0 atom stereocenters. The Kier molecular flexibility index (Phi) is 3.66. The number of rotatable bonds is 1. The summed E-state index contributed by atoms with van der Waals surface area (Å²) in [6, 6.07) is 5.92. The van der Waals surface area contributed by atoms with Gasteiger partial charge in [0, 0.05) is 5.69 Å². The van der Waals surface area contributed by atoms with Crippen LogP contribution in [0.3, 0.4) is 0 Å². The lowest BCUT2D eigenvalue weighted by Gasteiger charge is -2.30. The Bertz CT molecular complexity index is 756. The van der Waals surface area contributed by atoms with Gasteiger partial charge in [-0.1, -0.05) is 6.07 Å². The van der Waals surface area contributed by atoms with Crippen molar-refractivity contribution in [3.63, 3.8) is 0 Å². The van der Waals surface area contributed by atoms with E-state index in [4.69, 9.17) is 4.74 Å². The van der Waals surface area contributed by atoms with E-state index in [1.165, 1.54) is 0 Å². The van der Waals surface area contributed by atoms with Crippen LogP contribution in [0.5, 0.6) is 5.75 Å². The molecular formula is C18H23N3O2. The van der Waals surface area contributed by atoms with Crippen LogP contribution in [-0.2, 0) is 5.54 Å². The fraction of sp³-hybridized carbons (Fsp3) is 0.444. The number of anilines is 1. The quantitative estimate of drug-likeness (QED) is 0.811. The molecule has 2 heterocycles. The van der Waals surface area contributed by atoms with Gasteiger partial charge in [-0.25, -0.2) is 0 Å². The van der Waals surface area contributed by atoms with Gasteiger partial charge in [-0.2, -0.15) is 5.10 Å². The highest BCUT2D eigenvalue weighted by Gasteiger charge is 2.28. The zero-order valence-electron chi connectivity index (χ0n) is 14.4. The third-order valence-electron chi connectivity index (χ3n) is 4.10. The fourth-order valence-electron chi connectivity index (χ4n) is 2.98. The minimum absolute atomic E-state index is 0.0218. The summed E-state index contributed by atoms with van der Waals surface area (Å²) < 4.78 is 7.60. The second kappa shape index (κ2) is 5.41. The Morgan fingerprint density at radius 1 is 1.26 bits per heavy atom. The van der Waals surface area contributed by atoms with Crippen molar-refractivity contribution in [1.29, 1.82) is 0 Å². The molecule has 0 spiro atoms. The lowest BCUT2D eigenvalue weighted by Crippen LogP contribution is -2.38. The third kappa shape index (κ3) is 2.71. The van der Waals surface area contributed by atoms with Crippen LogP contribution in [0.2, 0.25) is 0 Å². The van der Waals surface area contributed by atoms with Gasteiger partial charge >= 0.3 is 0 Å². The van der Waals surface area contributed by atoms with Crippen molar-refractivity contribution in [2.45, 2.75) is 40.2 Å². The van der Waals surface area contributed by atoms with Gasteiger partial charge in [0.15, 0.2) is 0 Å². The number of hydrogen-bond acceptors (Lipinski definition) is 3. The third-order valence-corrected chi connectivity index (χ3v) is 4.10. The number of nitrogens with zero attached hydrogens (tertiary/aromatic N) is 3. The van der Waals surface area contributed by atoms with E-state index >= 15 is 0 Å². The molecule has 0 radical (unpaired) electrons. The zero-order valence-corrected chi connectivity index (χ0v) is 14.4. The summed E-state index contributed by atoms with van der Waals surface area (Å²) in [5.41, 5.74) is 3.34. The van der Waals surface area contributed by atoms with Crippen LogP contribution in [0, 0.1) is 13.8 Å². The second-order valence-electron chi connectivity index (χ2n) is 7.00. The average Bonchev–Trinajstić information content (AvgIpc) is 2.87. The average molecular weight is 313 g/mol. The largest absolute Gasteiger partial charge is 0.490 e. The van der Waals surface area contributed by atoms with E-state index < -0.39 is 0 Å². The van der Waals surface area contributed by atoms with Gasteiger partial charge in [0.2, 0.25) is 0 Å². The van der Waals surface area contributed by atoms with Crippen LogP contribution in [0.4, 0.5) is 5.69 Å². The molecule has 1 aliphatic heterocycles. The van der Waals surface area contributed by atoms with Crippen LogP contribution in [0.1, 0.15) is 42.4 Å². The summed E-state index contributed by atoms with van der Waals surface area (Å²) in [5, 5.41) is 4.41. The summed E-state index contributed by atoms with van der Waals surface area (Å²) in [4.78, 5) is 14.8. The molecule has 2 aromatic rings. The first-order valence-electron chi connectivity index (χ1n) is 7.89. The molecule has 0 aliphatic carbocycles. The van der Waals surface area contributed by atoms with E-state index in [9.17, 15) is 4.79 Å². The molecule has 5 nitrogen and oxygen atoms in total. The highest BCUT2D eigenvalue weighted by Crippen LogP contribution is 2.33. The van der Waals surface area contributed by atoms with Gasteiger partial charge in [-0.15, -0.1) is 0 Å². The summed E-state index contributed by atoms with van der Waals surface area (Å²) >= 11 is 0. The molecule has 0 fully saturated rings. The van der Waals surface area contributed by atoms with E-state index in [0.717, 1.165) is 22.7 Å². The smallest absolute Gasteiger partial charge is 0.261 e. The molecular weight excluding hydrogens is 290 g/mol. The van der Waals surface area contributed by atoms with Crippen molar-refractivity contribution in [2.24, 2.45) is 0 Å². The number of benzene rings is 1. The molecule has 1 aromatic heterocycles. The van der Waals surface area contributed by atoms with Gasteiger partial charge in [-0.05, 0) is 52.3 Å². The van der Waals surface area contributed by atoms with E-state index in [-0.39, 0.29) is 11.4 Å².